The summed E-state index contributed by atoms with van der Waals surface area (Å²) in [4.78, 5) is 41.0. The molecule has 0 unspecified atom stereocenters. The lowest BCUT2D eigenvalue weighted by molar-refractivity contribution is 0.102. The number of hydrogen-bond donors (Lipinski definition) is 2. The topological polar surface area (TPSA) is 97.5 Å². The van der Waals surface area contributed by atoms with E-state index in [-0.39, 0.29) is 25.6 Å². The van der Waals surface area contributed by atoms with Gasteiger partial charge >= 0.3 is 6.16 Å². The van der Waals surface area contributed by atoms with Crippen LogP contribution in [0.5, 0.6) is 5.75 Å². The molecule has 0 bridgehead atoms. The van der Waals surface area contributed by atoms with Gasteiger partial charge in [0.2, 0.25) is 5.43 Å². The summed E-state index contributed by atoms with van der Waals surface area (Å²) in [5, 5.41) is 3.28. The van der Waals surface area contributed by atoms with Crippen molar-refractivity contribution < 1.29 is 19.1 Å². The molecular weight excluding hydrogens is 535 g/mol. The van der Waals surface area contributed by atoms with E-state index in [4.69, 9.17) is 4.74 Å². The number of rotatable bonds is 4. The fourth-order valence-corrected chi connectivity index (χ4v) is 3.93. The summed E-state index contributed by atoms with van der Waals surface area (Å²) >= 11 is 2.27. The van der Waals surface area contributed by atoms with Crippen LogP contribution < -0.4 is 15.5 Å². The molecule has 8 heteroatoms. The molecule has 0 spiro atoms. The van der Waals surface area contributed by atoms with Gasteiger partial charge in [-0.05, 0) is 43.0 Å². The minimum Gasteiger partial charge on any atom is -0.437 e. The van der Waals surface area contributed by atoms with Gasteiger partial charge in [0.1, 0.15) is 11.3 Å². The number of methoxy groups -OCH3 is 1. The van der Waals surface area contributed by atoms with Gasteiger partial charge in [-0.3, -0.25) is 9.59 Å². The second kappa shape index (κ2) is 9.17. The van der Waals surface area contributed by atoms with Crippen molar-refractivity contribution in [3.05, 3.63) is 69.5 Å². The van der Waals surface area contributed by atoms with Crippen LogP contribution in [0.1, 0.15) is 56.1 Å². The third-order valence-electron chi connectivity index (χ3n) is 5.21. The minimum atomic E-state index is -0.858. The molecule has 1 amide bonds. The lowest BCUT2D eigenvalue weighted by Crippen LogP contribution is -2.25. The lowest BCUT2D eigenvalue weighted by atomic mass is 9.83. The maximum Gasteiger partial charge on any atom is 0.513 e. The van der Waals surface area contributed by atoms with E-state index < -0.39 is 12.1 Å². The molecule has 0 aliphatic carbocycles. The third-order valence-corrected chi connectivity index (χ3v) is 5.79. The maximum atomic E-state index is 13.2. The van der Waals surface area contributed by atoms with Gasteiger partial charge < -0.3 is 19.8 Å². The molecule has 33 heavy (non-hydrogen) atoms. The van der Waals surface area contributed by atoms with Gasteiger partial charge in [0, 0.05) is 37.8 Å². The predicted molar refractivity (Wildman–Crippen MR) is 138 cm³/mol. The van der Waals surface area contributed by atoms with Gasteiger partial charge in [0.05, 0.1) is 7.11 Å². The number of nitrogens with one attached hydrogen (secondary N) is 2. The molecule has 1 aromatic heterocycles. The standard InChI is InChI=1S/C25H27IN2O5/c1-24(2,3)16-11-17(25(4,5)26)20(33-23(31)32-6)12-19(16)28-22(30)15-13-27-18-10-8-7-9-14(18)21(15)29/h7-13H,1-6H3,(H,27,29)(H,28,30). The first kappa shape index (κ1) is 24.8. The van der Waals surface area contributed by atoms with Crippen molar-refractivity contribution >= 4 is 51.2 Å². The number of hydrogen-bond acceptors (Lipinski definition) is 5. The van der Waals surface area contributed by atoms with E-state index in [1.807, 2.05) is 46.8 Å². The Morgan fingerprint density at radius 3 is 2.30 bits per heavy atom. The van der Waals surface area contributed by atoms with Crippen LogP contribution in [0.25, 0.3) is 10.9 Å². The normalized spacial score (nSPS) is 11.8. The number of aromatic nitrogens is 1. The van der Waals surface area contributed by atoms with E-state index in [0.29, 0.717) is 16.6 Å². The maximum absolute atomic E-state index is 13.2. The van der Waals surface area contributed by atoms with Crippen LogP contribution in [0.4, 0.5) is 10.5 Å². The van der Waals surface area contributed by atoms with Crippen LogP contribution in [-0.4, -0.2) is 24.2 Å². The first-order valence-corrected chi connectivity index (χ1v) is 11.5. The Bertz CT molecular complexity index is 1280. The summed E-state index contributed by atoms with van der Waals surface area (Å²) in [5.74, 6) is -0.282. The van der Waals surface area contributed by atoms with Crippen LogP contribution >= 0.6 is 22.6 Å². The molecule has 0 saturated carbocycles. The van der Waals surface area contributed by atoms with E-state index in [1.165, 1.54) is 13.3 Å². The van der Waals surface area contributed by atoms with E-state index in [2.05, 4.69) is 37.6 Å². The third kappa shape index (κ3) is 5.38. The highest BCUT2D eigenvalue weighted by Gasteiger charge is 2.29. The number of ether oxygens (including phenoxy) is 2. The second-order valence-electron chi connectivity index (χ2n) is 9.20. The predicted octanol–water partition coefficient (Wildman–Crippen LogP) is 5.89. The van der Waals surface area contributed by atoms with Gasteiger partial charge in [-0.15, -0.1) is 0 Å². The zero-order chi connectivity index (χ0) is 24.6. The summed E-state index contributed by atoms with van der Waals surface area (Å²) < 4.78 is 9.71. The first-order valence-electron chi connectivity index (χ1n) is 10.4. The molecule has 3 rings (SSSR count). The molecule has 2 N–H and O–H groups in total. The zero-order valence-electron chi connectivity index (χ0n) is 19.5. The molecule has 0 radical (unpaired) electrons. The fraction of sp³-hybridized carbons (Fsp3) is 0.320. The molecule has 7 nitrogen and oxygen atoms in total. The molecule has 0 fully saturated rings. The molecular formula is C25H27IN2O5. The number of H-pyrrole nitrogens is 1. The van der Waals surface area contributed by atoms with Crippen LogP contribution in [0.15, 0.2) is 47.4 Å². The van der Waals surface area contributed by atoms with Gasteiger partial charge in [-0.25, -0.2) is 4.79 Å². The van der Waals surface area contributed by atoms with Crippen LogP contribution in [-0.2, 0) is 13.6 Å². The summed E-state index contributed by atoms with van der Waals surface area (Å²) in [5.41, 5.74) is 1.99. The molecule has 174 valence electrons. The summed E-state index contributed by atoms with van der Waals surface area (Å²) in [6.07, 6.45) is 0.550. The Kier molecular flexibility index (Phi) is 6.88. The van der Waals surface area contributed by atoms with Crippen LogP contribution in [0, 0.1) is 0 Å². The quantitative estimate of drug-likeness (QED) is 0.179. The van der Waals surface area contributed by atoms with Gasteiger partial charge in [-0.2, -0.15) is 0 Å². The molecule has 0 aliphatic heterocycles. The Morgan fingerprint density at radius 1 is 1.03 bits per heavy atom. The molecule has 0 atom stereocenters. The summed E-state index contributed by atoms with van der Waals surface area (Å²) in [6, 6.07) is 10.5. The lowest BCUT2D eigenvalue weighted by Gasteiger charge is -2.28. The molecule has 0 saturated heterocycles. The zero-order valence-corrected chi connectivity index (χ0v) is 21.6. The van der Waals surface area contributed by atoms with Crippen molar-refractivity contribution in [2.24, 2.45) is 0 Å². The number of pyridine rings is 1. The van der Waals surface area contributed by atoms with Gasteiger partial charge in [0.15, 0.2) is 0 Å². The Labute approximate surface area is 206 Å². The Hall–Kier alpha value is -2.88. The van der Waals surface area contributed by atoms with E-state index in [0.717, 1.165) is 11.1 Å². The van der Waals surface area contributed by atoms with Crippen molar-refractivity contribution in [2.75, 3.05) is 12.4 Å². The largest absolute Gasteiger partial charge is 0.513 e. The highest BCUT2D eigenvalue weighted by Crippen LogP contribution is 2.43. The number of halogens is 1. The number of aromatic amines is 1. The monoisotopic (exact) mass is 562 g/mol. The Morgan fingerprint density at radius 2 is 1.70 bits per heavy atom. The minimum absolute atomic E-state index is 0.0118. The number of anilines is 1. The van der Waals surface area contributed by atoms with Gasteiger partial charge in [0.25, 0.3) is 5.91 Å². The van der Waals surface area contributed by atoms with Gasteiger partial charge in [-0.1, -0.05) is 55.5 Å². The first-order chi connectivity index (χ1) is 15.3. The second-order valence-corrected chi connectivity index (χ2v) is 11.9. The van der Waals surface area contributed by atoms with Crippen molar-refractivity contribution in [1.82, 2.24) is 4.98 Å². The van der Waals surface area contributed by atoms with Crippen LogP contribution in [0.3, 0.4) is 0 Å². The smallest absolute Gasteiger partial charge is 0.437 e. The number of amides is 1. The van der Waals surface area contributed by atoms with E-state index in [9.17, 15) is 14.4 Å². The van der Waals surface area contributed by atoms with Crippen LogP contribution in [0.2, 0.25) is 0 Å². The highest BCUT2D eigenvalue weighted by atomic mass is 127. The number of carbonyl (C=O) groups is 2. The number of benzene rings is 2. The molecule has 2 aromatic carbocycles. The average molecular weight is 562 g/mol. The molecule has 3 aromatic rings. The number of para-hydroxylation sites is 1. The number of alkyl halides is 1. The molecule has 1 heterocycles. The Balaban J connectivity index is 2.14. The highest BCUT2D eigenvalue weighted by molar-refractivity contribution is 14.1. The summed E-state index contributed by atoms with van der Waals surface area (Å²) in [7, 11) is 1.23. The SMILES string of the molecule is COC(=O)Oc1cc(NC(=O)c2c[nH]c3ccccc3c2=O)c(C(C)(C)C)cc1C(C)(C)I. The number of fused-ring (bicyclic) bond motifs is 1. The fourth-order valence-electron chi connectivity index (χ4n) is 3.51. The van der Waals surface area contributed by atoms with E-state index >= 15 is 0 Å². The van der Waals surface area contributed by atoms with E-state index in [1.54, 1.807) is 24.3 Å². The van der Waals surface area contributed by atoms with Crippen molar-refractivity contribution in [3.8, 4) is 5.75 Å². The molecule has 0 aliphatic rings. The average Bonchev–Trinajstić information content (AvgIpc) is 2.72. The van der Waals surface area contributed by atoms with Crippen molar-refractivity contribution in [2.45, 2.75) is 43.5 Å². The number of carbonyl (C=O) groups excluding carboxylic acids is 2. The van der Waals surface area contributed by atoms with Crippen molar-refractivity contribution in [1.29, 1.82) is 0 Å². The summed E-state index contributed by atoms with van der Waals surface area (Å²) in [6.45, 7) is 10.0. The van der Waals surface area contributed by atoms with Crippen molar-refractivity contribution in [3.63, 3.8) is 0 Å².